The zero-order valence-electron chi connectivity index (χ0n) is 10.3. The molecule has 0 atom stereocenters. The van der Waals surface area contributed by atoms with Crippen LogP contribution in [-0.4, -0.2) is 22.5 Å². The number of carbonyl (C=O) groups is 1. The van der Waals surface area contributed by atoms with Crippen LogP contribution in [0.5, 0.6) is 0 Å². The van der Waals surface area contributed by atoms with Crippen LogP contribution in [0, 0.1) is 0 Å². The molecule has 0 aliphatic heterocycles. The Morgan fingerprint density at radius 3 is 2.50 bits per heavy atom. The number of rotatable bonds is 4. The number of oxime groups is 1. The lowest BCUT2D eigenvalue weighted by molar-refractivity contribution is -0.121. The van der Waals surface area contributed by atoms with Crippen molar-refractivity contribution in [3.63, 3.8) is 0 Å². The Bertz CT molecular complexity index is 455. The zero-order chi connectivity index (χ0) is 13.8. The Labute approximate surface area is 111 Å². The van der Waals surface area contributed by atoms with Crippen molar-refractivity contribution in [2.24, 2.45) is 10.9 Å². The van der Waals surface area contributed by atoms with Crippen molar-refractivity contribution in [1.82, 2.24) is 5.32 Å². The van der Waals surface area contributed by atoms with E-state index in [1.807, 2.05) is 0 Å². The number of benzene rings is 1. The van der Waals surface area contributed by atoms with E-state index in [1.165, 1.54) is 0 Å². The van der Waals surface area contributed by atoms with Gasteiger partial charge in [0.1, 0.15) is 0 Å². The minimum Gasteiger partial charge on any atom is -0.409 e. The molecule has 0 radical (unpaired) electrons. The summed E-state index contributed by atoms with van der Waals surface area (Å²) in [6.07, 6.45) is 0.208. The molecule has 1 aromatic rings. The maximum absolute atomic E-state index is 11.8. The van der Waals surface area contributed by atoms with Crippen LogP contribution in [0.4, 0.5) is 0 Å². The molecule has 1 amide bonds. The maximum atomic E-state index is 11.8. The largest absolute Gasteiger partial charge is 0.409 e. The second-order valence-electron chi connectivity index (χ2n) is 4.46. The minimum absolute atomic E-state index is 0.0491. The number of nitrogens with one attached hydrogen (secondary N) is 1. The fourth-order valence-corrected chi connectivity index (χ4v) is 1.50. The highest BCUT2D eigenvalue weighted by molar-refractivity contribution is 6.30. The lowest BCUT2D eigenvalue weighted by Gasteiger charge is -2.24. The zero-order valence-corrected chi connectivity index (χ0v) is 11.0. The molecule has 98 valence electrons. The lowest BCUT2D eigenvalue weighted by atomic mass is 10.0. The standard InChI is InChI=1S/C12H16ClN3O2/c1-12(2,11(14)16-18)15-10(17)7-8-3-5-9(13)6-4-8/h3-6,18H,7H2,1-2H3,(H2,14,16)(H,15,17). The second kappa shape index (κ2) is 5.73. The first-order valence-corrected chi connectivity index (χ1v) is 5.76. The topological polar surface area (TPSA) is 87.7 Å². The third-order valence-corrected chi connectivity index (χ3v) is 2.73. The first-order chi connectivity index (χ1) is 8.35. The van der Waals surface area contributed by atoms with Gasteiger partial charge in [0.05, 0.1) is 12.0 Å². The first-order valence-electron chi connectivity index (χ1n) is 5.38. The molecule has 6 heteroatoms. The highest BCUT2D eigenvalue weighted by Crippen LogP contribution is 2.10. The number of hydrogen-bond donors (Lipinski definition) is 3. The van der Waals surface area contributed by atoms with Gasteiger partial charge >= 0.3 is 0 Å². The van der Waals surface area contributed by atoms with Crippen molar-refractivity contribution in [3.8, 4) is 0 Å². The van der Waals surface area contributed by atoms with Gasteiger partial charge < -0.3 is 16.3 Å². The van der Waals surface area contributed by atoms with Crippen molar-refractivity contribution in [2.75, 3.05) is 0 Å². The number of amidine groups is 1. The molecule has 0 aliphatic rings. The molecule has 0 fully saturated rings. The van der Waals surface area contributed by atoms with E-state index in [2.05, 4.69) is 10.5 Å². The van der Waals surface area contributed by atoms with Crippen LogP contribution in [0.25, 0.3) is 0 Å². The third kappa shape index (κ3) is 3.92. The third-order valence-electron chi connectivity index (χ3n) is 2.48. The van der Waals surface area contributed by atoms with Crippen LogP contribution in [0.2, 0.25) is 5.02 Å². The van der Waals surface area contributed by atoms with E-state index in [1.54, 1.807) is 38.1 Å². The fraction of sp³-hybridized carbons (Fsp3) is 0.333. The van der Waals surface area contributed by atoms with Gasteiger partial charge in [0.25, 0.3) is 0 Å². The minimum atomic E-state index is -0.891. The summed E-state index contributed by atoms with van der Waals surface area (Å²) in [6, 6.07) is 6.99. The summed E-state index contributed by atoms with van der Waals surface area (Å²) >= 11 is 5.75. The van der Waals surface area contributed by atoms with Gasteiger partial charge in [-0.05, 0) is 31.5 Å². The first kappa shape index (κ1) is 14.3. The van der Waals surface area contributed by atoms with Crippen molar-refractivity contribution in [3.05, 3.63) is 34.9 Å². The second-order valence-corrected chi connectivity index (χ2v) is 4.90. The van der Waals surface area contributed by atoms with E-state index in [9.17, 15) is 4.79 Å². The van der Waals surface area contributed by atoms with Crippen molar-refractivity contribution in [2.45, 2.75) is 25.8 Å². The van der Waals surface area contributed by atoms with Gasteiger partial charge in [0, 0.05) is 5.02 Å². The lowest BCUT2D eigenvalue weighted by Crippen LogP contribution is -2.53. The van der Waals surface area contributed by atoms with Gasteiger partial charge in [-0.15, -0.1) is 0 Å². The van der Waals surface area contributed by atoms with Crippen LogP contribution < -0.4 is 11.1 Å². The molecular formula is C12H16ClN3O2. The van der Waals surface area contributed by atoms with Gasteiger partial charge in [0.2, 0.25) is 5.91 Å². The number of nitrogens with two attached hydrogens (primary N) is 1. The van der Waals surface area contributed by atoms with Crippen molar-refractivity contribution in [1.29, 1.82) is 0 Å². The number of carbonyl (C=O) groups excluding carboxylic acids is 1. The van der Waals surface area contributed by atoms with Crippen molar-refractivity contribution < 1.29 is 10.0 Å². The molecule has 5 nitrogen and oxygen atoms in total. The quantitative estimate of drug-likeness (QED) is 0.335. The fourth-order valence-electron chi connectivity index (χ4n) is 1.37. The average molecular weight is 270 g/mol. The predicted octanol–water partition coefficient (Wildman–Crippen LogP) is 1.52. The number of amides is 1. The monoisotopic (exact) mass is 269 g/mol. The molecule has 1 rings (SSSR count). The molecule has 0 aromatic heterocycles. The van der Waals surface area contributed by atoms with E-state index >= 15 is 0 Å². The van der Waals surface area contributed by atoms with Crippen LogP contribution in [0.3, 0.4) is 0 Å². The summed E-state index contributed by atoms with van der Waals surface area (Å²) in [4.78, 5) is 11.8. The summed E-state index contributed by atoms with van der Waals surface area (Å²) in [5.41, 5.74) is 5.43. The maximum Gasteiger partial charge on any atom is 0.225 e. The molecule has 0 spiro atoms. The SMILES string of the molecule is CC(C)(NC(=O)Cc1ccc(Cl)cc1)/C(N)=N/O. The smallest absolute Gasteiger partial charge is 0.225 e. The molecule has 0 saturated carbocycles. The van der Waals surface area contributed by atoms with E-state index in [4.69, 9.17) is 22.5 Å². The molecule has 1 aromatic carbocycles. The van der Waals surface area contributed by atoms with E-state index in [-0.39, 0.29) is 18.2 Å². The Hall–Kier alpha value is -1.75. The molecule has 0 heterocycles. The summed E-state index contributed by atoms with van der Waals surface area (Å²) in [5, 5.41) is 14.8. The van der Waals surface area contributed by atoms with Gasteiger partial charge in [-0.1, -0.05) is 28.9 Å². The van der Waals surface area contributed by atoms with Crippen LogP contribution in [0.15, 0.2) is 29.4 Å². The normalized spacial score (nSPS) is 12.3. The van der Waals surface area contributed by atoms with Crippen molar-refractivity contribution >= 4 is 23.3 Å². The van der Waals surface area contributed by atoms with E-state index < -0.39 is 5.54 Å². The van der Waals surface area contributed by atoms with Crippen LogP contribution >= 0.6 is 11.6 Å². The molecular weight excluding hydrogens is 254 g/mol. The van der Waals surface area contributed by atoms with Gasteiger partial charge in [-0.25, -0.2) is 0 Å². The number of hydrogen-bond acceptors (Lipinski definition) is 3. The Kier molecular flexibility index (Phi) is 4.55. The summed E-state index contributed by atoms with van der Waals surface area (Å²) in [5.74, 6) is -0.263. The average Bonchev–Trinajstić information content (AvgIpc) is 2.30. The highest BCUT2D eigenvalue weighted by atomic mass is 35.5. The predicted molar refractivity (Wildman–Crippen MR) is 70.8 cm³/mol. The molecule has 0 bridgehead atoms. The van der Waals surface area contributed by atoms with Gasteiger partial charge in [0.15, 0.2) is 5.84 Å². The molecule has 0 aliphatic carbocycles. The Balaban J connectivity index is 2.65. The summed E-state index contributed by atoms with van der Waals surface area (Å²) in [7, 11) is 0. The van der Waals surface area contributed by atoms with Crippen LogP contribution in [-0.2, 0) is 11.2 Å². The number of halogens is 1. The highest BCUT2D eigenvalue weighted by Gasteiger charge is 2.25. The molecule has 0 unspecified atom stereocenters. The molecule has 18 heavy (non-hydrogen) atoms. The Morgan fingerprint density at radius 2 is 2.00 bits per heavy atom. The van der Waals surface area contributed by atoms with E-state index in [0.717, 1.165) is 5.56 Å². The van der Waals surface area contributed by atoms with Crippen LogP contribution in [0.1, 0.15) is 19.4 Å². The molecule has 4 N–H and O–H groups in total. The van der Waals surface area contributed by atoms with Gasteiger partial charge in [-0.2, -0.15) is 0 Å². The summed E-state index contributed by atoms with van der Waals surface area (Å²) in [6.45, 7) is 3.31. The summed E-state index contributed by atoms with van der Waals surface area (Å²) < 4.78 is 0. The Morgan fingerprint density at radius 1 is 1.44 bits per heavy atom. The van der Waals surface area contributed by atoms with E-state index in [0.29, 0.717) is 5.02 Å². The van der Waals surface area contributed by atoms with Gasteiger partial charge in [-0.3, -0.25) is 4.79 Å². The number of nitrogens with zero attached hydrogens (tertiary/aromatic N) is 1. The molecule has 0 saturated heterocycles.